The van der Waals surface area contributed by atoms with Gasteiger partial charge in [-0.15, -0.1) is 11.3 Å². The van der Waals surface area contributed by atoms with Crippen LogP contribution in [0, 0.1) is 3.57 Å². The number of hydrogen-bond acceptors (Lipinski definition) is 2. The standard InChI is InChI=1S/C13H10BrClINOS/c1-17(6-10-4-8(14)7-19-10)13(18)11-5-9(15)2-3-12(11)16/h2-5,7H,6H2,1H3. The number of rotatable bonds is 3. The van der Waals surface area contributed by atoms with Gasteiger partial charge in [-0.2, -0.15) is 0 Å². The minimum Gasteiger partial charge on any atom is -0.337 e. The van der Waals surface area contributed by atoms with Crippen molar-refractivity contribution >= 4 is 67.4 Å². The van der Waals surface area contributed by atoms with Gasteiger partial charge in [-0.3, -0.25) is 4.79 Å². The third-order valence-electron chi connectivity index (χ3n) is 2.52. The van der Waals surface area contributed by atoms with Gasteiger partial charge in [0.1, 0.15) is 0 Å². The molecule has 0 aliphatic carbocycles. The molecule has 0 aliphatic heterocycles. The predicted octanol–water partition coefficient (Wildman–Crippen LogP) is 5.04. The summed E-state index contributed by atoms with van der Waals surface area (Å²) in [5.74, 6) is -0.0172. The zero-order valence-electron chi connectivity index (χ0n) is 9.99. The Balaban J connectivity index is 2.16. The highest BCUT2D eigenvalue weighted by Gasteiger charge is 2.16. The molecular weight excluding hydrogens is 460 g/mol. The van der Waals surface area contributed by atoms with Gasteiger partial charge in [0.15, 0.2) is 0 Å². The fourth-order valence-electron chi connectivity index (χ4n) is 1.61. The van der Waals surface area contributed by atoms with Crippen molar-refractivity contribution in [2.24, 2.45) is 0 Å². The van der Waals surface area contributed by atoms with E-state index in [2.05, 4.69) is 38.5 Å². The van der Waals surface area contributed by atoms with Crippen molar-refractivity contribution in [3.8, 4) is 0 Å². The third-order valence-corrected chi connectivity index (χ3v) is 5.38. The lowest BCUT2D eigenvalue weighted by Gasteiger charge is -2.17. The molecule has 100 valence electrons. The quantitative estimate of drug-likeness (QED) is 0.576. The average molecular weight is 471 g/mol. The van der Waals surface area contributed by atoms with Gasteiger partial charge in [0, 0.05) is 30.4 Å². The van der Waals surface area contributed by atoms with E-state index in [1.807, 2.05) is 17.5 Å². The van der Waals surface area contributed by atoms with Crippen molar-refractivity contribution in [3.63, 3.8) is 0 Å². The van der Waals surface area contributed by atoms with E-state index in [1.54, 1.807) is 35.4 Å². The predicted molar refractivity (Wildman–Crippen MR) is 92.0 cm³/mol. The van der Waals surface area contributed by atoms with E-state index in [9.17, 15) is 4.79 Å². The second kappa shape index (κ2) is 6.56. The molecule has 1 amide bonds. The van der Waals surface area contributed by atoms with Crippen LogP contribution < -0.4 is 0 Å². The molecule has 19 heavy (non-hydrogen) atoms. The number of nitrogens with zero attached hydrogens (tertiary/aromatic N) is 1. The first kappa shape index (κ1) is 15.3. The summed E-state index contributed by atoms with van der Waals surface area (Å²) in [5, 5.41) is 2.59. The molecule has 0 bridgehead atoms. The Hall–Kier alpha value is -0.110. The van der Waals surface area contributed by atoms with E-state index >= 15 is 0 Å². The van der Waals surface area contributed by atoms with E-state index in [-0.39, 0.29) is 5.91 Å². The molecule has 0 saturated heterocycles. The molecule has 1 aromatic heterocycles. The monoisotopic (exact) mass is 469 g/mol. The zero-order valence-corrected chi connectivity index (χ0v) is 15.3. The Bertz CT molecular complexity index is 616. The topological polar surface area (TPSA) is 20.3 Å². The summed E-state index contributed by atoms with van der Waals surface area (Å²) in [6.07, 6.45) is 0. The van der Waals surface area contributed by atoms with Gasteiger partial charge >= 0.3 is 0 Å². The molecule has 1 aromatic carbocycles. The van der Waals surface area contributed by atoms with Gasteiger partial charge in [0.05, 0.1) is 12.1 Å². The Labute approximate surface area is 143 Å². The Morgan fingerprint density at radius 3 is 2.84 bits per heavy atom. The van der Waals surface area contributed by atoms with Gasteiger partial charge in [0.25, 0.3) is 5.91 Å². The van der Waals surface area contributed by atoms with Crippen LogP contribution in [-0.2, 0) is 6.54 Å². The highest BCUT2D eigenvalue weighted by molar-refractivity contribution is 14.1. The number of halogens is 3. The molecule has 0 spiro atoms. The minimum atomic E-state index is -0.0172. The van der Waals surface area contributed by atoms with Gasteiger partial charge in [-0.25, -0.2) is 0 Å². The summed E-state index contributed by atoms with van der Waals surface area (Å²) in [6.45, 7) is 0.595. The third kappa shape index (κ3) is 3.93. The number of amides is 1. The summed E-state index contributed by atoms with van der Waals surface area (Å²) in [6, 6.07) is 7.38. The van der Waals surface area contributed by atoms with Gasteiger partial charge in [0.2, 0.25) is 0 Å². The molecule has 6 heteroatoms. The molecule has 0 fully saturated rings. The maximum Gasteiger partial charge on any atom is 0.255 e. The van der Waals surface area contributed by atoms with Crippen LogP contribution in [0.1, 0.15) is 15.2 Å². The van der Waals surface area contributed by atoms with Crippen LogP contribution in [-0.4, -0.2) is 17.9 Å². The van der Waals surface area contributed by atoms with E-state index in [0.717, 1.165) is 12.9 Å². The van der Waals surface area contributed by atoms with E-state index in [1.165, 1.54) is 0 Å². The molecule has 0 radical (unpaired) electrons. The fourth-order valence-corrected chi connectivity index (χ4v) is 3.85. The SMILES string of the molecule is CN(Cc1cc(Br)cs1)C(=O)c1cc(Cl)ccc1I. The molecule has 2 nitrogen and oxygen atoms in total. The summed E-state index contributed by atoms with van der Waals surface area (Å²) >= 11 is 13.1. The number of thiophene rings is 1. The number of benzene rings is 1. The molecule has 1 heterocycles. The Kier molecular flexibility index (Phi) is 5.28. The van der Waals surface area contributed by atoms with Gasteiger partial charge in [-0.1, -0.05) is 11.6 Å². The summed E-state index contributed by atoms with van der Waals surface area (Å²) in [7, 11) is 1.80. The van der Waals surface area contributed by atoms with Crippen LogP contribution in [0.5, 0.6) is 0 Å². The van der Waals surface area contributed by atoms with Crippen LogP contribution in [0.3, 0.4) is 0 Å². The Morgan fingerprint density at radius 2 is 2.21 bits per heavy atom. The average Bonchev–Trinajstić information content (AvgIpc) is 2.77. The van der Waals surface area contributed by atoms with E-state index in [4.69, 9.17) is 11.6 Å². The first-order valence-electron chi connectivity index (χ1n) is 5.41. The van der Waals surface area contributed by atoms with Crippen molar-refractivity contribution < 1.29 is 4.79 Å². The largest absolute Gasteiger partial charge is 0.337 e. The first-order valence-corrected chi connectivity index (χ1v) is 8.53. The Morgan fingerprint density at radius 1 is 1.47 bits per heavy atom. The van der Waals surface area contributed by atoms with Crippen LogP contribution >= 0.6 is 61.5 Å². The normalized spacial score (nSPS) is 10.5. The fraction of sp³-hybridized carbons (Fsp3) is 0.154. The molecule has 0 saturated carbocycles. The summed E-state index contributed by atoms with van der Waals surface area (Å²) < 4.78 is 1.96. The number of carbonyl (C=O) groups excluding carboxylic acids is 1. The van der Waals surface area contributed by atoms with Crippen LogP contribution in [0.2, 0.25) is 5.02 Å². The van der Waals surface area contributed by atoms with E-state index in [0.29, 0.717) is 17.1 Å². The molecular formula is C13H10BrClINOS. The van der Waals surface area contributed by atoms with Gasteiger partial charge in [-0.05, 0) is 62.8 Å². The van der Waals surface area contributed by atoms with Crippen molar-refractivity contribution in [2.75, 3.05) is 7.05 Å². The lowest BCUT2D eigenvalue weighted by Crippen LogP contribution is -2.26. The molecule has 0 aliphatic rings. The molecule has 0 unspecified atom stereocenters. The molecule has 2 rings (SSSR count). The second-order valence-electron chi connectivity index (χ2n) is 4.02. The molecule has 2 aromatic rings. The highest BCUT2D eigenvalue weighted by Crippen LogP contribution is 2.23. The smallest absolute Gasteiger partial charge is 0.255 e. The zero-order chi connectivity index (χ0) is 14.0. The molecule has 0 N–H and O–H groups in total. The number of carbonyl (C=O) groups is 1. The molecule has 0 atom stereocenters. The van der Waals surface area contributed by atoms with Crippen molar-refractivity contribution in [1.29, 1.82) is 0 Å². The van der Waals surface area contributed by atoms with Crippen molar-refractivity contribution in [2.45, 2.75) is 6.54 Å². The maximum absolute atomic E-state index is 12.4. The number of hydrogen-bond donors (Lipinski definition) is 0. The lowest BCUT2D eigenvalue weighted by molar-refractivity contribution is 0.0785. The highest BCUT2D eigenvalue weighted by atomic mass is 127. The van der Waals surface area contributed by atoms with Crippen molar-refractivity contribution in [1.82, 2.24) is 4.90 Å². The van der Waals surface area contributed by atoms with Crippen LogP contribution in [0.15, 0.2) is 34.1 Å². The van der Waals surface area contributed by atoms with Crippen LogP contribution in [0.4, 0.5) is 0 Å². The van der Waals surface area contributed by atoms with E-state index < -0.39 is 0 Å². The summed E-state index contributed by atoms with van der Waals surface area (Å²) in [5.41, 5.74) is 0.645. The second-order valence-corrected chi connectivity index (χ2v) is 7.53. The first-order chi connectivity index (χ1) is 8.97. The minimum absolute atomic E-state index is 0.0172. The van der Waals surface area contributed by atoms with Crippen molar-refractivity contribution in [3.05, 3.63) is 53.2 Å². The van der Waals surface area contributed by atoms with Crippen LogP contribution in [0.25, 0.3) is 0 Å². The van der Waals surface area contributed by atoms with Gasteiger partial charge < -0.3 is 4.90 Å². The lowest BCUT2D eigenvalue weighted by atomic mass is 10.2. The maximum atomic E-state index is 12.4. The summed E-state index contributed by atoms with van der Waals surface area (Å²) in [4.78, 5) is 15.2.